The van der Waals surface area contributed by atoms with Crippen LogP contribution in [-0.4, -0.2) is 42.0 Å². The Morgan fingerprint density at radius 1 is 0.946 bits per heavy atom. The molecule has 0 fully saturated rings. The maximum Gasteiger partial charge on any atom is 0.295 e. The largest absolute Gasteiger partial charge is 0.503 e. The fourth-order valence-electron chi connectivity index (χ4n) is 4.38. The number of nitrogens with zero attached hydrogens (tertiary/aromatic N) is 6. The van der Waals surface area contributed by atoms with E-state index in [9.17, 15) is 14.7 Å². The zero-order chi connectivity index (χ0) is 26.1. The van der Waals surface area contributed by atoms with Crippen LogP contribution in [0.15, 0.2) is 84.4 Å². The van der Waals surface area contributed by atoms with Gasteiger partial charge in [0.2, 0.25) is 0 Å². The number of Topliss-reactive ketones (excluding diaryl/α,β-unsaturated/α-hetero) is 1. The second-order valence-electron chi connectivity index (χ2n) is 9.28. The van der Waals surface area contributed by atoms with Gasteiger partial charge in [-0.15, -0.1) is 5.10 Å². The molecule has 0 saturated heterocycles. The summed E-state index contributed by atoms with van der Waals surface area (Å²) in [5, 5.41) is 27.5. The molecule has 2 aromatic heterocycles. The van der Waals surface area contributed by atoms with Crippen molar-refractivity contribution in [3.63, 3.8) is 0 Å². The van der Waals surface area contributed by atoms with Crippen LogP contribution in [0, 0.1) is 6.92 Å². The fraction of sp³-hybridized carbons (Fsp3) is 0.214. The topological polar surface area (TPSA) is 114 Å². The van der Waals surface area contributed by atoms with Crippen LogP contribution in [0.2, 0.25) is 0 Å². The summed E-state index contributed by atoms with van der Waals surface area (Å²) in [6.07, 6.45) is 3.22. The smallest absolute Gasteiger partial charge is 0.295 e. The van der Waals surface area contributed by atoms with Crippen LogP contribution in [0.4, 0.5) is 5.82 Å². The first-order valence-electron chi connectivity index (χ1n) is 12.0. The summed E-state index contributed by atoms with van der Waals surface area (Å²) in [5.74, 6) is -1.15. The average molecular weight is 495 g/mol. The predicted molar refractivity (Wildman–Crippen MR) is 137 cm³/mol. The third kappa shape index (κ3) is 4.63. The molecule has 1 N–H and O–H groups in total. The van der Waals surface area contributed by atoms with Gasteiger partial charge in [0, 0.05) is 5.56 Å². The van der Waals surface area contributed by atoms with Crippen LogP contribution in [0.25, 0.3) is 0 Å². The Labute approximate surface area is 214 Å². The van der Waals surface area contributed by atoms with Gasteiger partial charge in [-0.25, -0.2) is 0 Å². The quantitative estimate of drug-likeness (QED) is 0.380. The summed E-state index contributed by atoms with van der Waals surface area (Å²) in [5.41, 5.74) is 3.76. The molecule has 1 atom stereocenters. The van der Waals surface area contributed by atoms with E-state index in [0.29, 0.717) is 29.3 Å². The van der Waals surface area contributed by atoms with Crippen molar-refractivity contribution in [2.45, 2.75) is 39.3 Å². The van der Waals surface area contributed by atoms with Crippen LogP contribution in [0.5, 0.6) is 0 Å². The lowest BCUT2D eigenvalue weighted by Gasteiger charge is -2.26. The van der Waals surface area contributed by atoms with Crippen LogP contribution in [-0.2, 0) is 11.3 Å². The maximum atomic E-state index is 13.7. The minimum Gasteiger partial charge on any atom is -0.503 e. The summed E-state index contributed by atoms with van der Waals surface area (Å²) >= 11 is 0. The van der Waals surface area contributed by atoms with E-state index >= 15 is 0 Å². The highest BCUT2D eigenvalue weighted by atomic mass is 16.3. The van der Waals surface area contributed by atoms with Gasteiger partial charge in [-0.2, -0.15) is 20.1 Å². The number of hydrogen-bond donors (Lipinski definition) is 1. The Morgan fingerprint density at radius 2 is 1.62 bits per heavy atom. The molecule has 0 bridgehead atoms. The molecule has 3 heterocycles. The van der Waals surface area contributed by atoms with E-state index in [1.807, 2.05) is 36.4 Å². The molecule has 2 aromatic carbocycles. The van der Waals surface area contributed by atoms with Crippen molar-refractivity contribution in [2.75, 3.05) is 4.90 Å². The van der Waals surface area contributed by atoms with Gasteiger partial charge in [0.15, 0.2) is 17.4 Å². The van der Waals surface area contributed by atoms with E-state index in [1.165, 1.54) is 4.90 Å². The van der Waals surface area contributed by atoms with Gasteiger partial charge >= 0.3 is 0 Å². The third-order valence-electron chi connectivity index (χ3n) is 6.41. The van der Waals surface area contributed by atoms with Gasteiger partial charge in [-0.05, 0) is 41.7 Å². The third-order valence-corrected chi connectivity index (χ3v) is 6.41. The van der Waals surface area contributed by atoms with E-state index in [-0.39, 0.29) is 11.4 Å². The van der Waals surface area contributed by atoms with Crippen molar-refractivity contribution < 1.29 is 14.7 Å². The minimum absolute atomic E-state index is 0.00571. The molecule has 1 aliphatic heterocycles. The van der Waals surface area contributed by atoms with Gasteiger partial charge < -0.3 is 5.11 Å². The number of aliphatic hydroxyl groups is 1. The second-order valence-corrected chi connectivity index (χ2v) is 9.28. The summed E-state index contributed by atoms with van der Waals surface area (Å²) in [7, 11) is 0. The average Bonchev–Trinajstić information content (AvgIpc) is 3.51. The SMILES string of the molecule is Cc1ccc(N2C(=O)C(O)=C(C(=O)c3ccc(C(C)C)cc3)C2c2ccc(Cn3nccn3)cc2)nn1. The number of carbonyl (C=O) groups excluding carboxylic acids is 2. The van der Waals surface area contributed by atoms with Gasteiger partial charge in [-0.1, -0.05) is 62.4 Å². The van der Waals surface area contributed by atoms with E-state index in [4.69, 9.17) is 0 Å². The number of hydrogen-bond acceptors (Lipinski definition) is 7. The molecular formula is C28H26N6O3. The first-order valence-corrected chi connectivity index (χ1v) is 12.0. The van der Waals surface area contributed by atoms with Crippen LogP contribution < -0.4 is 4.90 Å². The lowest BCUT2D eigenvalue weighted by molar-refractivity contribution is -0.117. The van der Waals surface area contributed by atoms with Crippen LogP contribution in [0.3, 0.4) is 0 Å². The summed E-state index contributed by atoms with van der Waals surface area (Å²) in [6.45, 7) is 6.41. The lowest BCUT2D eigenvalue weighted by Crippen LogP contribution is -2.32. The normalized spacial score (nSPS) is 15.6. The predicted octanol–water partition coefficient (Wildman–Crippen LogP) is 4.33. The van der Waals surface area contributed by atoms with Gasteiger partial charge in [0.1, 0.15) is 0 Å². The Bertz CT molecular complexity index is 1460. The molecule has 4 aromatic rings. The lowest BCUT2D eigenvalue weighted by atomic mass is 9.91. The molecule has 9 heteroatoms. The Hall–Kier alpha value is -4.66. The number of aromatic nitrogens is 5. The van der Waals surface area contributed by atoms with Gasteiger partial charge in [0.25, 0.3) is 5.91 Å². The molecular weight excluding hydrogens is 468 g/mol. The molecule has 0 radical (unpaired) electrons. The molecule has 9 nitrogen and oxygen atoms in total. The van der Waals surface area contributed by atoms with Crippen LogP contribution in [0.1, 0.15) is 58.5 Å². The number of rotatable bonds is 7. The zero-order valence-corrected chi connectivity index (χ0v) is 20.7. The van der Waals surface area contributed by atoms with Crippen molar-refractivity contribution in [1.29, 1.82) is 0 Å². The molecule has 5 rings (SSSR count). The highest BCUT2D eigenvalue weighted by Crippen LogP contribution is 2.41. The van der Waals surface area contributed by atoms with E-state index in [2.05, 4.69) is 34.2 Å². The molecule has 0 spiro atoms. The molecule has 0 aliphatic carbocycles. The standard InChI is InChI=1S/C28H26N6O3/c1-17(2)20-9-11-22(12-10-20)26(35)24-25(21-7-5-19(6-8-21)16-33-29-14-15-30-33)34(28(37)27(24)36)23-13-4-18(3)31-32-23/h4-15,17,25,36H,16H2,1-3H3. The highest BCUT2D eigenvalue weighted by molar-refractivity contribution is 6.20. The number of carbonyl (C=O) groups is 2. The van der Waals surface area contributed by atoms with Crippen LogP contribution >= 0.6 is 0 Å². The molecule has 0 saturated carbocycles. The Morgan fingerprint density at radius 3 is 2.22 bits per heavy atom. The van der Waals surface area contributed by atoms with Crippen molar-refractivity contribution in [2.24, 2.45) is 0 Å². The molecule has 1 amide bonds. The van der Waals surface area contributed by atoms with E-state index < -0.39 is 23.5 Å². The molecule has 1 aliphatic rings. The van der Waals surface area contributed by atoms with Gasteiger partial charge in [-0.3, -0.25) is 14.5 Å². The molecule has 1 unspecified atom stereocenters. The van der Waals surface area contributed by atoms with Gasteiger partial charge in [0.05, 0.1) is 36.2 Å². The number of anilines is 1. The van der Waals surface area contributed by atoms with Crippen molar-refractivity contribution in [1.82, 2.24) is 25.2 Å². The fourth-order valence-corrected chi connectivity index (χ4v) is 4.38. The zero-order valence-electron chi connectivity index (χ0n) is 20.7. The molecule has 37 heavy (non-hydrogen) atoms. The van der Waals surface area contributed by atoms with Crippen molar-refractivity contribution >= 4 is 17.5 Å². The summed E-state index contributed by atoms with van der Waals surface area (Å²) < 4.78 is 0. The number of amides is 1. The first-order chi connectivity index (χ1) is 17.8. The maximum absolute atomic E-state index is 13.7. The first kappa shape index (κ1) is 24.1. The number of aliphatic hydroxyl groups excluding tert-OH is 1. The van der Waals surface area contributed by atoms with E-state index in [0.717, 1.165) is 11.1 Å². The minimum atomic E-state index is -0.876. The number of benzene rings is 2. The second kappa shape index (κ2) is 9.77. The Balaban J connectivity index is 1.56. The number of ketones is 1. The summed E-state index contributed by atoms with van der Waals surface area (Å²) in [6, 6.07) is 17.2. The van der Waals surface area contributed by atoms with E-state index in [1.54, 1.807) is 48.4 Å². The Kier molecular flexibility index (Phi) is 6.35. The monoisotopic (exact) mass is 494 g/mol. The number of aryl methyl sites for hydroxylation is 1. The highest BCUT2D eigenvalue weighted by Gasteiger charge is 2.45. The van der Waals surface area contributed by atoms with Crippen molar-refractivity contribution in [3.05, 3.63) is 112 Å². The van der Waals surface area contributed by atoms with Crippen molar-refractivity contribution in [3.8, 4) is 0 Å². The molecule has 186 valence electrons. The summed E-state index contributed by atoms with van der Waals surface area (Å²) in [4.78, 5) is 29.9.